The van der Waals surface area contributed by atoms with Crippen molar-refractivity contribution in [3.05, 3.63) is 59.9 Å². The molecule has 202 valence electrons. The maximum Gasteiger partial charge on any atom is 0.338 e. The Hall–Kier alpha value is -4.63. The number of esters is 1. The minimum absolute atomic E-state index is 0.166. The number of nitrogens with zero attached hydrogens (tertiary/aromatic N) is 5. The molecule has 0 unspecified atom stereocenters. The van der Waals surface area contributed by atoms with Crippen LogP contribution < -0.4 is 10.1 Å². The highest BCUT2D eigenvalue weighted by molar-refractivity contribution is 5.90. The van der Waals surface area contributed by atoms with E-state index in [4.69, 9.17) is 9.47 Å². The molecule has 0 aliphatic carbocycles. The SMILES string of the molecule is CCOC(=O)c1cccc(Nc2ncnc(-c3ccc(O[C@H]4CCN(C(=O)[C@H](C)O)C[C@@H]4F)c(C#N)c3)n2)c1. The van der Waals surface area contributed by atoms with Gasteiger partial charge in [-0.1, -0.05) is 6.07 Å². The van der Waals surface area contributed by atoms with Gasteiger partial charge in [-0.15, -0.1) is 0 Å². The summed E-state index contributed by atoms with van der Waals surface area (Å²) in [6, 6.07) is 13.5. The summed E-state index contributed by atoms with van der Waals surface area (Å²) in [5, 5.41) is 22.2. The predicted molar refractivity (Wildman–Crippen MR) is 138 cm³/mol. The Kier molecular flexibility index (Phi) is 8.63. The van der Waals surface area contributed by atoms with Crippen LogP contribution in [0.5, 0.6) is 5.75 Å². The number of aliphatic hydroxyl groups excluding tert-OH is 1. The van der Waals surface area contributed by atoms with Crippen molar-refractivity contribution in [1.82, 2.24) is 19.9 Å². The fourth-order valence-corrected chi connectivity index (χ4v) is 4.07. The van der Waals surface area contributed by atoms with E-state index in [-0.39, 0.29) is 49.2 Å². The molecule has 1 aromatic heterocycles. The molecule has 3 atom stereocenters. The number of likely N-dealkylation sites (tertiary alicyclic amines) is 1. The van der Waals surface area contributed by atoms with E-state index in [9.17, 15) is 24.3 Å². The minimum Gasteiger partial charge on any atom is -0.486 e. The highest BCUT2D eigenvalue weighted by Gasteiger charge is 2.34. The molecule has 0 bridgehead atoms. The Morgan fingerprint density at radius 3 is 2.82 bits per heavy atom. The maximum absolute atomic E-state index is 14.8. The van der Waals surface area contributed by atoms with Crippen LogP contribution in [0.15, 0.2) is 48.8 Å². The first-order valence-corrected chi connectivity index (χ1v) is 12.3. The number of nitrogens with one attached hydrogen (secondary N) is 1. The van der Waals surface area contributed by atoms with Gasteiger partial charge in [0.25, 0.3) is 5.91 Å². The summed E-state index contributed by atoms with van der Waals surface area (Å²) in [5.41, 5.74) is 1.63. The van der Waals surface area contributed by atoms with Crippen molar-refractivity contribution >= 4 is 23.5 Å². The van der Waals surface area contributed by atoms with E-state index in [2.05, 4.69) is 26.3 Å². The van der Waals surface area contributed by atoms with Crippen molar-refractivity contribution in [3.8, 4) is 23.2 Å². The smallest absolute Gasteiger partial charge is 0.338 e. The molecule has 1 saturated heterocycles. The summed E-state index contributed by atoms with van der Waals surface area (Å²) in [4.78, 5) is 38.0. The van der Waals surface area contributed by atoms with Crippen LogP contribution in [0.4, 0.5) is 16.0 Å². The fourth-order valence-electron chi connectivity index (χ4n) is 4.07. The van der Waals surface area contributed by atoms with Gasteiger partial charge in [-0.3, -0.25) is 4.79 Å². The molecule has 1 aliphatic rings. The van der Waals surface area contributed by atoms with Crippen molar-refractivity contribution in [2.24, 2.45) is 0 Å². The molecule has 0 radical (unpaired) electrons. The number of piperidine rings is 1. The summed E-state index contributed by atoms with van der Waals surface area (Å²) in [5.74, 6) is -0.269. The highest BCUT2D eigenvalue weighted by atomic mass is 19.1. The standard InChI is InChI=1S/C27H27FN6O5/c1-3-38-26(37)18-5-4-6-20(12-18)32-27-31-15-30-24(33-27)17-7-8-22(19(11-17)13-29)39-23-9-10-34(14-21(23)28)25(36)16(2)35/h4-8,11-12,15-16,21,23,35H,3,9-10,14H2,1-2H3,(H,30,31,32,33)/t16-,21-,23-/m0/s1. The van der Waals surface area contributed by atoms with Crippen LogP contribution in [0.25, 0.3) is 11.4 Å². The monoisotopic (exact) mass is 534 g/mol. The molecule has 1 amide bonds. The van der Waals surface area contributed by atoms with E-state index >= 15 is 0 Å². The molecule has 1 aliphatic heterocycles. The molecule has 2 N–H and O–H groups in total. The van der Waals surface area contributed by atoms with Gasteiger partial charge in [0.05, 0.1) is 24.3 Å². The van der Waals surface area contributed by atoms with Crippen molar-refractivity contribution in [3.63, 3.8) is 0 Å². The first-order valence-electron chi connectivity index (χ1n) is 12.3. The van der Waals surface area contributed by atoms with E-state index in [1.165, 1.54) is 24.2 Å². The van der Waals surface area contributed by atoms with E-state index in [0.717, 1.165) is 0 Å². The van der Waals surface area contributed by atoms with Gasteiger partial charge in [-0.05, 0) is 50.2 Å². The second-order valence-electron chi connectivity index (χ2n) is 8.80. The molecule has 11 nitrogen and oxygen atoms in total. The Bertz CT molecular complexity index is 1400. The van der Waals surface area contributed by atoms with Crippen LogP contribution in [-0.4, -0.2) is 74.9 Å². The van der Waals surface area contributed by atoms with Crippen molar-refractivity contribution in [2.45, 2.75) is 38.6 Å². The van der Waals surface area contributed by atoms with Crippen molar-refractivity contribution in [2.75, 3.05) is 25.0 Å². The number of amides is 1. The number of aliphatic hydroxyl groups is 1. The third kappa shape index (κ3) is 6.63. The number of nitriles is 1. The zero-order valence-electron chi connectivity index (χ0n) is 21.4. The van der Waals surface area contributed by atoms with Crippen LogP contribution in [0.1, 0.15) is 36.2 Å². The molecule has 12 heteroatoms. The number of rotatable bonds is 8. The van der Waals surface area contributed by atoms with Gasteiger partial charge in [-0.2, -0.15) is 10.2 Å². The quantitative estimate of drug-likeness (QED) is 0.413. The Balaban J connectivity index is 1.47. The molecule has 1 fully saturated rings. The summed E-state index contributed by atoms with van der Waals surface area (Å²) in [7, 11) is 0. The van der Waals surface area contributed by atoms with E-state index in [1.54, 1.807) is 43.3 Å². The van der Waals surface area contributed by atoms with Gasteiger partial charge in [0, 0.05) is 24.2 Å². The second kappa shape index (κ2) is 12.3. The number of alkyl halides is 1. The number of ether oxygens (including phenoxy) is 2. The zero-order valence-corrected chi connectivity index (χ0v) is 21.4. The zero-order chi connectivity index (χ0) is 27.9. The lowest BCUT2D eigenvalue weighted by atomic mass is 10.0. The van der Waals surface area contributed by atoms with Crippen LogP contribution >= 0.6 is 0 Å². The highest BCUT2D eigenvalue weighted by Crippen LogP contribution is 2.28. The van der Waals surface area contributed by atoms with Gasteiger partial charge in [0.1, 0.15) is 30.4 Å². The van der Waals surface area contributed by atoms with Gasteiger partial charge >= 0.3 is 5.97 Å². The van der Waals surface area contributed by atoms with E-state index in [1.807, 2.05) is 0 Å². The maximum atomic E-state index is 14.8. The third-order valence-electron chi connectivity index (χ3n) is 5.99. The number of hydrogen-bond acceptors (Lipinski definition) is 10. The van der Waals surface area contributed by atoms with Crippen molar-refractivity contribution in [1.29, 1.82) is 5.26 Å². The molecule has 3 aromatic rings. The first kappa shape index (κ1) is 27.4. The lowest BCUT2D eigenvalue weighted by Gasteiger charge is -2.35. The van der Waals surface area contributed by atoms with Crippen LogP contribution in [0, 0.1) is 11.3 Å². The largest absolute Gasteiger partial charge is 0.486 e. The van der Waals surface area contributed by atoms with Gasteiger partial charge in [-0.25, -0.2) is 19.2 Å². The third-order valence-corrected chi connectivity index (χ3v) is 5.99. The second-order valence-corrected chi connectivity index (χ2v) is 8.80. The summed E-state index contributed by atoms with van der Waals surface area (Å²) in [6.45, 7) is 3.37. The number of benzene rings is 2. The summed E-state index contributed by atoms with van der Waals surface area (Å²) < 4.78 is 25.6. The number of carbonyl (C=O) groups excluding carboxylic acids is 2. The number of anilines is 2. The van der Waals surface area contributed by atoms with E-state index in [0.29, 0.717) is 16.8 Å². The average molecular weight is 535 g/mol. The average Bonchev–Trinajstić information content (AvgIpc) is 2.94. The molecule has 0 saturated carbocycles. The minimum atomic E-state index is -1.48. The Labute approximate surface area is 224 Å². The van der Waals surface area contributed by atoms with E-state index < -0.39 is 30.3 Å². The Morgan fingerprint density at radius 2 is 2.10 bits per heavy atom. The molecular weight excluding hydrogens is 507 g/mol. The lowest BCUT2D eigenvalue weighted by Crippen LogP contribution is -2.51. The molecule has 39 heavy (non-hydrogen) atoms. The first-order chi connectivity index (χ1) is 18.8. The molecule has 0 spiro atoms. The molecule has 2 aromatic carbocycles. The van der Waals surface area contributed by atoms with Crippen LogP contribution in [0.3, 0.4) is 0 Å². The lowest BCUT2D eigenvalue weighted by molar-refractivity contribution is -0.143. The fraction of sp³-hybridized carbons (Fsp3) is 0.333. The van der Waals surface area contributed by atoms with Gasteiger partial charge in [0.15, 0.2) is 12.0 Å². The van der Waals surface area contributed by atoms with Crippen LogP contribution in [-0.2, 0) is 9.53 Å². The molecular formula is C27H27FN6O5. The topological polar surface area (TPSA) is 151 Å². The number of halogens is 1. The Morgan fingerprint density at radius 1 is 1.28 bits per heavy atom. The van der Waals surface area contributed by atoms with Gasteiger partial charge < -0.3 is 24.8 Å². The number of hydrogen-bond donors (Lipinski definition) is 2. The summed E-state index contributed by atoms with van der Waals surface area (Å²) >= 11 is 0. The van der Waals surface area contributed by atoms with Crippen molar-refractivity contribution < 1.29 is 28.6 Å². The molecule has 2 heterocycles. The van der Waals surface area contributed by atoms with Crippen LogP contribution in [0.2, 0.25) is 0 Å². The molecule has 4 rings (SSSR count). The normalized spacial score (nSPS) is 17.6. The number of carbonyl (C=O) groups is 2. The summed E-state index contributed by atoms with van der Waals surface area (Å²) in [6.07, 6.45) is -2.00. The number of aromatic nitrogens is 3. The van der Waals surface area contributed by atoms with Gasteiger partial charge in [0.2, 0.25) is 5.95 Å². The predicted octanol–water partition coefficient (Wildman–Crippen LogP) is 3.03.